The van der Waals surface area contributed by atoms with Crippen molar-refractivity contribution < 1.29 is 9.53 Å². The summed E-state index contributed by atoms with van der Waals surface area (Å²) in [6, 6.07) is 24.2. The molecular formula is C29H27N5O2. The Morgan fingerprint density at radius 3 is 2.11 bits per heavy atom. The molecule has 0 saturated heterocycles. The van der Waals surface area contributed by atoms with Crippen LogP contribution in [-0.4, -0.2) is 24.7 Å². The Morgan fingerprint density at radius 2 is 1.47 bits per heavy atom. The fourth-order valence-electron chi connectivity index (χ4n) is 3.59. The topological polar surface area (TPSA) is 87.6 Å². The molecule has 0 aliphatic heterocycles. The minimum absolute atomic E-state index is 0.186. The maximum Gasteiger partial charge on any atom is 0.255 e. The van der Waals surface area contributed by atoms with Crippen LogP contribution in [0.2, 0.25) is 0 Å². The minimum Gasteiger partial charge on any atom is -0.497 e. The number of anilines is 4. The summed E-state index contributed by atoms with van der Waals surface area (Å²) in [5, 5.41) is 9.61. The molecule has 1 amide bonds. The Morgan fingerprint density at radius 1 is 0.861 bits per heavy atom. The number of methoxy groups -OCH3 is 1. The number of ether oxygens (including phenoxy) is 1. The average Bonchev–Trinajstić information content (AvgIpc) is 2.93. The van der Waals surface area contributed by atoms with Crippen LogP contribution in [0.25, 0.3) is 5.70 Å². The van der Waals surface area contributed by atoms with Gasteiger partial charge in [-0.15, -0.1) is 0 Å². The maximum atomic E-state index is 12.8. The summed E-state index contributed by atoms with van der Waals surface area (Å²) >= 11 is 0. The molecule has 0 fully saturated rings. The van der Waals surface area contributed by atoms with E-state index in [1.165, 1.54) is 0 Å². The first kappa shape index (κ1) is 24.2. The number of nitrogens with one attached hydrogen (secondary N) is 3. The number of amides is 1. The fourth-order valence-corrected chi connectivity index (χ4v) is 3.59. The van der Waals surface area contributed by atoms with Crippen molar-refractivity contribution in [1.82, 2.24) is 4.98 Å². The molecule has 0 unspecified atom stereocenters. The zero-order valence-corrected chi connectivity index (χ0v) is 20.2. The second kappa shape index (κ2) is 11.5. The summed E-state index contributed by atoms with van der Waals surface area (Å²) in [7, 11) is 1.63. The Balaban J connectivity index is 1.40. The SMILES string of the molecule is C=Nc1ccc(OC)cc1/C(=C\C)Nc1ccc(C(=O)Nc2ccc(Nc3ccncc3)cc2)cc1. The van der Waals surface area contributed by atoms with Gasteiger partial charge in [-0.25, -0.2) is 0 Å². The van der Waals surface area contributed by atoms with Crippen molar-refractivity contribution >= 4 is 46.8 Å². The standard InChI is InChI=1S/C29H27N5O2/c1-4-27(26-19-25(36-3)13-14-28(26)30-2)33-22-7-5-20(6-8-22)29(35)34-23-11-9-21(10-12-23)32-24-15-17-31-18-16-24/h4-19,33H,2H2,1,3H3,(H,31,32)(H,34,35)/b27-4+. The van der Waals surface area contributed by atoms with Crippen molar-refractivity contribution in [3.8, 4) is 5.75 Å². The lowest BCUT2D eigenvalue weighted by atomic mass is 10.1. The number of benzene rings is 3. The lowest BCUT2D eigenvalue weighted by Gasteiger charge is -2.15. The molecule has 4 aromatic rings. The molecule has 4 rings (SSSR count). The Bertz CT molecular complexity index is 1370. The summed E-state index contributed by atoms with van der Waals surface area (Å²) in [5.74, 6) is 0.542. The first-order chi connectivity index (χ1) is 17.6. The van der Waals surface area contributed by atoms with Crippen molar-refractivity contribution in [3.63, 3.8) is 0 Å². The van der Waals surface area contributed by atoms with Crippen molar-refractivity contribution in [3.05, 3.63) is 108 Å². The van der Waals surface area contributed by atoms with Crippen LogP contribution in [0.1, 0.15) is 22.8 Å². The molecule has 180 valence electrons. The van der Waals surface area contributed by atoms with Gasteiger partial charge in [0.1, 0.15) is 5.75 Å². The van der Waals surface area contributed by atoms with E-state index in [1.807, 2.05) is 79.7 Å². The summed E-state index contributed by atoms with van der Waals surface area (Å²) < 4.78 is 5.36. The van der Waals surface area contributed by atoms with E-state index >= 15 is 0 Å². The third-order valence-electron chi connectivity index (χ3n) is 5.49. The smallest absolute Gasteiger partial charge is 0.255 e. The summed E-state index contributed by atoms with van der Waals surface area (Å²) in [4.78, 5) is 20.9. The fraction of sp³-hybridized carbons (Fsp3) is 0.0690. The number of nitrogens with zero attached hydrogens (tertiary/aromatic N) is 2. The quantitative estimate of drug-likeness (QED) is 0.228. The number of allylic oxidation sites excluding steroid dienone is 1. The number of hydrogen-bond acceptors (Lipinski definition) is 6. The van der Waals surface area contributed by atoms with Crippen molar-refractivity contribution in [2.75, 3.05) is 23.1 Å². The van der Waals surface area contributed by atoms with Gasteiger partial charge in [-0.05, 0) is 92.5 Å². The molecule has 0 atom stereocenters. The second-order valence-corrected chi connectivity index (χ2v) is 7.84. The third-order valence-corrected chi connectivity index (χ3v) is 5.49. The van der Waals surface area contributed by atoms with Gasteiger partial charge in [0.25, 0.3) is 5.91 Å². The molecule has 3 N–H and O–H groups in total. The second-order valence-electron chi connectivity index (χ2n) is 7.84. The number of rotatable bonds is 9. The molecule has 0 spiro atoms. The molecule has 7 nitrogen and oxygen atoms in total. The largest absolute Gasteiger partial charge is 0.497 e. The van der Waals surface area contributed by atoms with Crippen molar-refractivity contribution in [2.24, 2.45) is 4.99 Å². The van der Waals surface area contributed by atoms with E-state index in [-0.39, 0.29) is 5.91 Å². The molecule has 0 radical (unpaired) electrons. The van der Waals surface area contributed by atoms with E-state index in [4.69, 9.17) is 4.74 Å². The highest BCUT2D eigenvalue weighted by Gasteiger charge is 2.10. The van der Waals surface area contributed by atoms with E-state index in [2.05, 4.69) is 32.6 Å². The lowest BCUT2D eigenvalue weighted by Crippen LogP contribution is -2.11. The summed E-state index contributed by atoms with van der Waals surface area (Å²) in [5.41, 5.74) is 6.43. The highest BCUT2D eigenvalue weighted by Crippen LogP contribution is 2.31. The number of aromatic nitrogens is 1. The predicted molar refractivity (Wildman–Crippen MR) is 148 cm³/mol. The van der Waals surface area contributed by atoms with Crippen LogP contribution in [-0.2, 0) is 0 Å². The summed E-state index contributed by atoms with van der Waals surface area (Å²) in [6.07, 6.45) is 5.41. The van der Waals surface area contributed by atoms with Crippen LogP contribution in [0.15, 0.2) is 102 Å². The van der Waals surface area contributed by atoms with Crippen molar-refractivity contribution in [2.45, 2.75) is 6.92 Å². The Hall–Kier alpha value is -4.91. The Kier molecular flexibility index (Phi) is 7.73. The predicted octanol–water partition coefficient (Wildman–Crippen LogP) is 6.89. The highest BCUT2D eigenvalue weighted by atomic mass is 16.5. The van der Waals surface area contributed by atoms with Crippen LogP contribution in [0.3, 0.4) is 0 Å². The average molecular weight is 478 g/mol. The monoisotopic (exact) mass is 477 g/mol. The zero-order valence-electron chi connectivity index (χ0n) is 20.2. The molecule has 36 heavy (non-hydrogen) atoms. The zero-order chi connectivity index (χ0) is 25.3. The van der Waals surface area contributed by atoms with E-state index in [9.17, 15) is 4.79 Å². The normalized spacial score (nSPS) is 10.9. The van der Waals surface area contributed by atoms with Gasteiger partial charge in [-0.3, -0.25) is 14.8 Å². The van der Waals surface area contributed by atoms with E-state index in [0.29, 0.717) is 11.3 Å². The van der Waals surface area contributed by atoms with Gasteiger partial charge in [0.05, 0.1) is 12.8 Å². The van der Waals surface area contributed by atoms with Gasteiger partial charge < -0.3 is 20.7 Å². The van der Waals surface area contributed by atoms with Gasteiger partial charge in [0.2, 0.25) is 0 Å². The van der Waals surface area contributed by atoms with Gasteiger partial charge in [0.15, 0.2) is 0 Å². The number of hydrogen-bond donors (Lipinski definition) is 3. The third kappa shape index (κ3) is 5.95. The van der Waals surface area contributed by atoms with Gasteiger partial charge in [-0.1, -0.05) is 6.08 Å². The number of aliphatic imine (C=N–C) groups is 1. The van der Waals surface area contributed by atoms with Crippen LogP contribution >= 0.6 is 0 Å². The van der Waals surface area contributed by atoms with Crippen LogP contribution in [0.4, 0.5) is 28.4 Å². The maximum absolute atomic E-state index is 12.8. The first-order valence-corrected chi connectivity index (χ1v) is 11.4. The molecule has 0 bridgehead atoms. The molecule has 7 heteroatoms. The Labute approximate surface area is 210 Å². The van der Waals surface area contributed by atoms with Crippen molar-refractivity contribution in [1.29, 1.82) is 0 Å². The molecule has 0 saturated carbocycles. The molecular weight excluding hydrogens is 450 g/mol. The number of carbonyl (C=O) groups is 1. The summed E-state index contributed by atoms with van der Waals surface area (Å²) in [6.45, 7) is 5.60. The number of carbonyl (C=O) groups excluding carboxylic acids is 1. The molecule has 3 aromatic carbocycles. The van der Waals surface area contributed by atoms with Crippen LogP contribution in [0, 0.1) is 0 Å². The first-order valence-electron chi connectivity index (χ1n) is 11.4. The minimum atomic E-state index is -0.186. The van der Waals surface area contributed by atoms with E-state index in [1.54, 1.807) is 31.6 Å². The molecule has 1 aromatic heterocycles. The van der Waals surface area contributed by atoms with Gasteiger partial charge in [-0.2, -0.15) is 0 Å². The molecule has 0 aliphatic carbocycles. The van der Waals surface area contributed by atoms with Gasteiger partial charge in [0, 0.05) is 52.0 Å². The number of pyridine rings is 1. The van der Waals surface area contributed by atoms with E-state index in [0.717, 1.165) is 39.8 Å². The van der Waals surface area contributed by atoms with Crippen LogP contribution in [0.5, 0.6) is 5.75 Å². The molecule has 1 heterocycles. The molecule has 0 aliphatic rings. The lowest BCUT2D eigenvalue weighted by molar-refractivity contribution is 0.102. The van der Waals surface area contributed by atoms with Crippen LogP contribution < -0.4 is 20.7 Å². The highest BCUT2D eigenvalue weighted by molar-refractivity contribution is 6.04. The van der Waals surface area contributed by atoms with E-state index < -0.39 is 0 Å². The van der Waals surface area contributed by atoms with Gasteiger partial charge >= 0.3 is 0 Å².